The van der Waals surface area contributed by atoms with E-state index in [1.54, 1.807) is 0 Å². The lowest BCUT2D eigenvalue weighted by Crippen LogP contribution is -2.03. The van der Waals surface area contributed by atoms with Gasteiger partial charge in [-0.15, -0.1) is 0 Å². The summed E-state index contributed by atoms with van der Waals surface area (Å²) in [6.45, 7) is 0. The molecule has 114 valence electrons. The third kappa shape index (κ3) is 2.61. The van der Waals surface area contributed by atoms with Crippen LogP contribution in [0.3, 0.4) is 0 Å². The van der Waals surface area contributed by atoms with Gasteiger partial charge in [-0.2, -0.15) is 0 Å². The maximum Gasteiger partial charge on any atom is 0.193 e. The molecule has 0 unspecified atom stereocenters. The fourth-order valence-electron chi connectivity index (χ4n) is 3.03. The van der Waals surface area contributed by atoms with Gasteiger partial charge in [0.05, 0.1) is 0 Å². The van der Waals surface area contributed by atoms with Crippen molar-refractivity contribution in [3.63, 3.8) is 0 Å². The highest BCUT2D eigenvalue weighted by Gasteiger charge is 2.14. The Morgan fingerprint density at radius 2 is 1.25 bits per heavy atom. The average molecular weight is 308 g/mol. The number of carbonyl (C=O) groups excluding carboxylic acids is 1. The molecule has 1 nitrogen and oxygen atoms in total. The van der Waals surface area contributed by atoms with Gasteiger partial charge in [0.2, 0.25) is 0 Å². The second-order valence-corrected chi connectivity index (χ2v) is 5.80. The van der Waals surface area contributed by atoms with E-state index < -0.39 is 0 Å². The van der Waals surface area contributed by atoms with Gasteiger partial charge < -0.3 is 0 Å². The molecular weight excluding hydrogens is 292 g/mol. The third-order valence-corrected chi connectivity index (χ3v) is 4.27. The van der Waals surface area contributed by atoms with Crippen molar-refractivity contribution < 1.29 is 4.79 Å². The first-order chi connectivity index (χ1) is 11.8. The summed E-state index contributed by atoms with van der Waals surface area (Å²) in [5, 5.41) is 2.38. The van der Waals surface area contributed by atoms with Crippen LogP contribution in [0.25, 0.3) is 21.9 Å². The van der Waals surface area contributed by atoms with Crippen LogP contribution in [0.1, 0.15) is 15.9 Å². The van der Waals surface area contributed by atoms with Crippen molar-refractivity contribution in [2.75, 3.05) is 0 Å². The van der Waals surface area contributed by atoms with Crippen LogP contribution in [0.4, 0.5) is 0 Å². The minimum Gasteiger partial charge on any atom is -0.289 e. The lowest BCUT2D eigenvalue weighted by molar-refractivity contribution is 0.103. The molecule has 0 aliphatic heterocycles. The Bertz CT molecular complexity index is 1020. The molecule has 0 bridgehead atoms. The summed E-state index contributed by atoms with van der Waals surface area (Å²) >= 11 is 0. The number of carbonyl (C=O) groups is 1. The number of benzene rings is 4. The molecule has 0 saturated carbocycles. The zero-order valence-electron chi connectivity index (χ0n) is 13.1. The maximum absolute atomic E-state index is 12.9. The Kier molecular flexibility index (Phi) is 3.68. The number of hydrogen-bond donors (Lipinski definition) is 0. The molecule has 0 radical (unpaired) electrons. The van der Waals surface area contributed by atoms with Gasteiger partial charge in [-0.1, -0.05) is 91.0 Å². The maximum atomic E-state index is 12.9. The predicted molar refractivity (Wildman–Crippen MR) is 99.3 cm³/mol. The minimum atomic E-state index is 0.0550. The normalized spacial score (nSPS) is 10.7. The van der Waals surface area contributed by atoms with Crippen LogP contribution in [0.15, 0.2) is 97.1 Å². The van der Waals surface area contributed by atoms with Gasteiger partial charge in [0.25, 0.3) is 0 Å². The Morgan fingerprint density at radius 1 is 0.583 bits per heavy atom. The molecule has 0 spiro atoms. The monoisotopic (exact) mass is 308 g/mol. The summed E-state index contributed by atoms with van der Waals surface area (Å²) in [5.41, 5.74) is 3.48. The number of fused-ring (bicyclic) bond motifs is 1. The smallest absolute Gasteiger partial charge is 0.193 e. The van der Waals surface area contributed by atoms with Gasteiger partial charge in [0.15, 0.2) is 5.78 Å². The van der Waals surface area contributed by atoms with Crippen molar-refractivity contribution in [1.29, 1.82) is 0 Å². The molecule has 0 aliphatic carbocycles. The zero-order valence-corrected chi connectivity index (χ0v) is 13.1. The van der Waals surface area contributed by atoms with Gasteiger partial charge in [0.1, 0.15) is 0 Å². The molecule has 4 aromatic carbocycles. The van der Waals surface area contributed by atoms with E-state index in [1.165, 1.54) is 10.8 Å². The highest BCUT2D eigenvalue weighted by molar-refractivity contribution is 6.13. The first-order valence-electron chi connectivity index (χ1n) is 8.01. The zero-order chi connectivity index (χ0) is 16.4. The molecule has 0 saturated heterocycles. The van der Waals surface area contributed by atoms with Crippen LogP contribution in [0, 0.1) is 0 Å². The summed E-state index contributed by atoms with van der Waals surface area (Å²) in [6, 6.07) is 31.8. The van der Waals surface area contributed by atoms with Crippen molar-refractivity contribution >= 4 is 16.6 Å². The Hall–Kier alpha value is -3.19. The molecule has 24 heavy (non-hydrogen) atoms. The van der Waals surface area contributed by atoms with Gasteiger partial charge >= 0.3 is 0 Å². The summed E-state index contributed by atoms with van der Waals surface area (Å²) < 4.78 is 0. The SMILES string of the molecule is O=C(c1ccccc1)c1ccccc1-c1ccc2ccccc2c1. The average Bonchev–Trinajstić information content (AvgIpc) is 2.68. The molecule has 0 aromatic heterocycles. The molecule has 4 rings (SSSR count). The van der Waals surface area contributed by atoms with E-state index in [4.69, 9.17) is 0 Å². The summed E-state index contributed by atoms with van der Waals surface area (Å²) in [5.74, 6) is 0.0550. The highest BCUT2D eigenvalue weighted by atomic mass is 16.1. The molecule has 1 heteroatoms. The van der Waals surface area contributed by atoms with Crippen LogP contribution < -0.4 is 0 Å². The van der Waals surface area contributed by atoms with E-state index in [-0.39, 0.29) is 5.78 Å². The second-order valence-electron chi connectivity index (χ2n) is 5.80. The van der Waals surface area contributed by atoms with Crippen LogP contribution in [0.2, 0.25) is 0 Å². The van der Waals surface area contributed by atoms with Crippen LogP contribution >= 0.6 is 0 Å². The fraction of sp³-hybridized carbons (Fsp3) is 0. The molecule has 4 aromatic rings. The van der Waals surface area contributed by atoms with Crippen molar-refractivity contribution in [3.05, 3.63) is 108 Å². The van der Waals surface area contributed by atoms with E-state index in [0.717, 1.165) is 16.7 Å². The molecular formula is C23H16O. The van der Waals surface area contributed by atoms with E-state index in [1.807, 2.05) is 66.7 Å². The molecule has 0 fully saturated rings. The van der Waals surface area contributed by atoms with Crippen molar-refractivity contribution in [1.82, 2.24) is 0 Å². The summed E-state index contributed by atoms with van der Waals surface area (Å²) in [6.07, 6.45) is 0. The number of rotatable bonds is 3. The molecule has 0 amide bonds. The van der Waals surface area contributed by atoms with Crippen molar-refractivity contribution in [3.8, 4) is 11.1 Å². The molecule has 0 atom stereocenters. The van der Waals surface area contributed by atoms with Gasteiger partial charge in [-0.25, -0.2) is 0 Å². The number of ketones is 1. The van der Waals surface area contributed by atoms with Gasteiger partial charge in [0, 0.05) is 11.1 Å². The highest BCUT2D eigenvalue weighted by Crippen LogP contribution is 2.28. The van der Waals surface area contributed by atoms with E-state index in [0.29, 0.717) is 5.56 Å². The standard InChI is InChI=1S/C23H16O/c24-23(18-9-2-1-3-10-18)22-13-7-6-12-21(22)20-15-14-17-8-4-5-11-19(17)16-20/h1-16H. The summed E-state index contributed by atoms with van der Waals surface area (Å²) in [7, 11) is 0. The van der Waals surface area contributed by atoms with Crippen LogP contribution in [0.5, 0.6) is 0 Å². The third-order valence-electron chi connectivity index (χ3n) is 4.27. The first kappa shape index (κ1) is 14.4. The van der Waals surface area contributed by atoms with Gasteiger partial charge in [-0.3, -0.25) is 4.79 Å². The molecule has 0 heterocycles. The van der Waals surface area contributed by atoms with Crippen LogP contribution in [-0.2, 0) is 0 Å². The largest absolute Gasteiger partial charge is 0.289 e. The Labute approximate surface area is 141 Å². The first-order valence-corrected chi connectivity index (χ1v) is 8.01. The van der Waals surface area contributed by atoms with E-state index in [9.17, 15) is 4.79 Å². The van der Waals surface area contributed by atoms with Crippen molar-refractivity contribution in [2.24, 2.45) is 0 Å². The predicted octanol–water partition coefficient (Wildman–Crippen LogP) is 5.74. The van der Waals surface area contributed by atoms with Crippen LogP contribution in [-0.4, -0.2) is 5.78 Å². The molecule has 0 N–H and O–H groups in total. The van der Waals surface area contributed by atoms with Crippen molar-refractivity contribution in [2.45, 2.75) is 0 Å². The van der Waals surface area contributed by atoms with Gasteiger partial charge in [-0.05, 0) is 28.0 Å². The quantitative estimate of drug-likeness (QED) is 0.441. The molecule has 0 aliphatic rings. The second kappa shape index (κ2) is 6.13. The minimum absolute atomic E-state index is 0.0550. The summed E-state index contributed by atoms with van der Waals surface area (Å²) in [4.78, 5) is 12.9. The number of hydrogen-bond acceptors (Lipinski definition) is 1. The van der Waals surface area contributed by atoms with E-state index in [2.05, 4.69) is 30.3 Å². The lowest BCUT2D eigenvalue weighted by atomic mass is 9.93. The Balaban J connectivity index is 1.85. The lowest BCUT2D eigenvalue weighted by Gasteiger charge is -2.10. The Morgan fingerprint density at radius 3 is 2.08 bits per heavy atom. The topological polar surface area (TPSA) is 17.1 Å². The van der Waals surface area contributed by atoms with E-state index >= 15 is 0 Å². The fourth-order valence-corrected chi connectivity index (χ4v) is 3.03.